The molecular formula is C12H28N2O2. The largest absolute Gasteiger partial charge is 0.383 e. The van der Waals surface area contributed by atoms with E-state index in [0.717, 1.165) is 32.8 Å². The zero-order valence-corrected chi connectivity index (χ0v) is 11.2. The highest BCUT2D eigenvalue weighted by Gasteiger charge is 2.13. The average Bonchev–Trinajstić information content (AvgIpc) is 2.24. The summed E-state index contributed by atoms with van der Waals surface area (Å²) in [7, 11) is 1.73. The van der Waals surface area contributed by atoms with Gasteiger partial charge in [0.2, 0.25) is 0 Å². The van der Waals surface area contributed by atoms with Gasteiger partial charge >= 0.3 is 0 Å². The van der Waals surface area contributed by atoms with E-state index < -0.39 is 0 Å². The lowest BCUT2D eigenvalue weighted by Crippen LogP contribution is -2.41. The summed E-state index contributed by atoms with van der Waals surface area (Å²) >= 11 is 0. The van der Waals surface area contributed by atoms with Crippen LogP contribution in [0, 0.1) is 5.92 Å². The molecule has 0 rings (SSSR count). The van der Waals surface area contributed by atoms with E-state index in [0.29, 0.717) is 12.5 Å². The van der Waals surface area contributed by atoms with Crippen molar-refractivity contribution in [2.24, 2.45) is 11.7 Å². The van der Waals surface area contributed by atoms with Crippen LogP contribution in [0.25, 0.3) is 0 Å². The Morgan fingerprint density at radius 1 is 1.25 bits per heavy atom. The van der Waals surface area contributed by atoms with Crippen molar-refractivity contribution < 1.29 is 9.47 Å². The molecule has 0 saturated heterocycles. The van der Waals surface area contributed by atoms with Crippen LogP contribution in [0.3, 0.4) is 0 Å². The average molecular weight is 232 g/mol. The van der Waals surface area contributed by atoms with Crippen LogP contribution in [-0.2, 0) is 9.47 Å². The Morgan fingerprint density at radius 3 is 2.38 bits per heavy atom. The molecule has 0 bridgehead atoms. The van der Waals surface area contributed by atoms with Crippen molar-refractivity contribution in [3.05, 3.63) is 0 Å². The Kier molecular flexibility index (Phi) is 9.92. The minimum absolute atomic E-state index is 0.139. The Hall–Kier alpha value is -0.160. The van der Waals surface area contributed by atoms with Crippen LogP contribution >= 0.6 is 0 Å². The van der Waals surface area contributed by atoms with Crippen LogP contribution in [0.5, 0.6) is 0 Å². The van der Waals surface area contributed by atoms with E-state index in [2.05, 4.69) is 18.7 Å². The highest BCUT2D eigenvalue weighted by molar-refractivity contribution is 4.68. The number of ether oxygens (including phenoxy) is 2. The van der Waals surface area contributed by atoms with Crippen LogP contribution < -0.4 is 5.73 Å². The van der Waals surface area contributed by atoms with Crippen molar-refractivity contribution >= 4 is 0 Å². The summed E-state index contributed by atoms with van der Waals surface area (Å²) in [5, 5.41) is 0. The van der Waals surface area contributed by atoms with Gasteiger partial charge in [-0.15, -0.1) is 0 Å². The molecular weight excluding hydrogens is 204 g/mol. The van der Waals surface area contributed by atoms with Crippen molar-refractivity contribution in [1.29, 1.82) is 0 Å². The molecule has 0 spiro atoms. The summed E-state index contributed by atoms with van der Waals surface area (Å²) in [6, 6.07) is 0. The van der Waals surface area contributed by atoms with Crippen LogP contribution in [0.15, 0.2) is 0 Å². The number of rotatable bonds is 10. The summed E-state index contributed by atoms with van der Waals surface area (Å²) in [5.41, 5.74) is 5.68. The second-order valence-corrected chi connectivity index (χ2v) is 4.46. The Morgan fingerprint density at radius 2 is 1.94 bits per heavy atom. The smallest absolute Gasteiger partial charge is 0.0823 e. The first-order valence-electron chi connectivity index (χ1n) is 6.16. The minimum atomic E-state index is 0.139. The van der Waals surface area contributed by atoms with Crippen LogP contribution in [0.4, 0.5) is 0 Å². The van der Waals surface area contributed by atoms with Crippen LogP contribution in [-0.4, -0.2) is 57.5 Å². The molecule has 0 fully saturated rings. The van der Waals surface area contributed by atoms with E-state index >= 15 is 0 Å². The molecule has 0 aromatic heterocycles. The Labute approximate surface area is 100 Å². The van der Waals surface area contributed by atoms with Crippen LogP contribution in [0.2, 0.25) is 0 Å². The highest BCUT2D eigenvalue weighted by Crippen LogP contribution is 2.02. The number of methoxy groups -OCH3 is 1. The summed E-state index contributed by atoms with van der Waals surface area (Å²) in [4.78, 5) is 2.36. The molecule has 0 aromatic rings. The van der Waals surface area contributed by atoms with E-state index in [1.165, 1.54) is 0 Å². The lowest BCUT2D eigenvalue weighted by Gasteiger charge is -2.27. The summed E-state index contributed by atoms with van der Waals surface area (Å²) in [5.74, 6) is 0.650. The summed E-state index contributed by atoms with van der Waals surface area (Å²) < 4.78 is 10.7. The van der Waals surface area contributed by atoms with Gasteiger partial charge in [0.05, 0.1) is 12.7 Å². The van der Waals surface area contributed by atoms with Crippen molar-refractivity contribution in [1.82, 2.24) is 4.90 Å². The number of hydrogen-bond acceptors (Lipinski definition) is 4. The van der Waals surface area contributed by atoms with E-state index in [9.17, 15) is 0 Å². The standard InChI is InChI=1S/C12H28N2O2/c1-5-16-12(8-13)10-14(6-7-15-4)9-11(2)3/h11-12H,5-10,13H2,1-4H3. The molecule has 0 saturated carbocycles. The zero-order valence-electron chi connectivity index (χ0n) is 11.2. The first-order valence-corrected chi connectivity index (χ1v) is 6.16. The number of hydrogen-bond donors (Lipinski definition) is 1. The lowest BCUT2D eigenvalue weighted by molar-refractivity contribution is 0.0294. The van der Waals surface area contributed by atoms with Gasteiger partial charge in [0.25, 0.3) is 0 Å². The van der Waals surface area contributed by atoms with Gasteiger partial charge in [-0.25, -0.2) is 0 Å². The molecule has 98 valence electrons. The first kappa shape index (κ1) is 15.8. The van der Waals surface area contributed by atoms with Gasteiger partial charge in [0.1, 0.15) is 0 Å². The van der Waals surface area contributed by atoms with Crippen molar-refractivity contribution in [3.63, 3.8) is 0 Å². The topological polar surface area (TPSA) is 47.7 Å². The summed E-state index contributed by atoms with van der Waals surface area (Å²) in [6.07, 6.45) is 0.139. The van der Waals surface area contributed by atoms with E-state index in [1.807, 2.05) is 6.92 Å². The maximum absolute atomic E-state index is 5.68. The van der Waals surface area contributed by atoms with E-state index in [-0.39, 0.29) is 6.10 Å². The predicted molar refractivity (Wildman–Crippen MR) is 67.6 cm³/mol. The molecule has 2 N–H and O–H groups in total. The van der Waals surface area contributed by atoms with Crippen molar-refractivity contribution in [3.8, 4) is 0 Å². The predicted octanol–water partition coefficient (Wildman–Crippen LogP) is 0.955. The maximum Gasteiger partial charge on any atom is 0.0823 e. The maximum atomic E-state index is 5.68. The lowest BCUT2D eigenvalue weighted by atomic mass is 10.2. The molecule has 0 radical (unpaired) electrons. The fourth-order valence-corrected chi connectivity index (χ4v) is 1.71. The van der Waals surface area contributed by atoms with Gasteiger partial charge in [0.15, 0.2) is 0 Å². The monoisotopic (exact) mass is 232 g/mol. The third-order valence-corrected chi connectivity index (χ3v) is 2.36. The van der Waals surface area contributed by atoms with Crippen molar-refractivity contribution in [2.75, 3.05) is 46.5 Å². The zero-order chi connectivity index (χ0) is 12.4. The fraction of sp³-hybridized carbons (Fsp3) is 1.00. The van der Waals surface area contributed by atoms with Gasteiger partial charge in [-0.1, -0.05) is 13.8 Å². The van der Waals surface area contributed by atoms with E-state index in [4.69, 9.17) is 15.2 Å². The van der Waals surface area contributed by atoms with Gasteiger partial charge in [-0.3, -0.25) is 4.90 Å². The van der Waals surface area contributed by atoms with Crippen molar-refractivity contribution in [2.45, 2.75) is 26.9 Å². The van der Waals surface area contributed by atoms with Crippen LogP contribution in [0.1, 0.15) is 20.8 Å². The van der Waals surface area contributed by atoms with Gasteiger partial charge in [-0.05, 0) is 12.8 Å². The molecule has 4 nitrogen and oxygen atoms in total. The Balaban J connectivity index is 4.04. The van der Waals surface area contributed by atoms with Gasteiger partial charge < -0.3 is 15.2 Å². The third-order valence-electron chi connectivity index (χ3n) is 2.36. The molecule has 0 aliphatic heterocycles. The SMILES string of the molecule is CCOC(CN)CN(CCOC)CC(C)C. The molecule has 0 amide bonds. The van der Waals surface area contributed by atoms with Gasteiger partial charge in [0, 0.05) is 39.9 Å². The molecule has 0 aromatic carbocycles. The molecule has 0 heterocycles. The first-order chi connectivity index (χ1) is 7.63. The molecule has 1 unspecified atom stereocenters. The minimum Gasteiger partial charge on any atom is -0.383 e. The molecule has 0 aliphatic rings. The summed E-state index contributed by atoms with van der Waals surface area (Å²) in [6.45, 7) is 11.4. The molecule has 16 heavy (non-hydrogen) atoms. The second-order valence-electron chi connectivity index (χ2n) is 4.46. The highest BCUT2D eigenvalue weighted by atomic mass is 16.5. The number of nitrogens with two attached hydrogens (primary N) is 1. The quantitative estimate of drug-likeness (QED) is 0.609. The normalized spacial score (nSPS) is 13.7. The molecule has 1 atom stereocenters. The third kappa shape index (κ3) is 8.05. The number of nitrogens with zero attached hydrogens (tertiary/aromatic N) is 1. The Bertz CT molecular complexity index is 154. The fourth-order valence-electron chi connectivity index (χ4n) is 1.71. The molecule has 0 aliphatic carbocycles. The van der Waals surface area contributed by atoms with Gasteiger partial charge in [-0.2, -0.15) is 0 Å². The van der Waals surface area contributed by atoms with E-state index in [1.54, 1.807) is 7.11 Å². The molecule has 4 heteroatoms. The second kappa shape index (κ2) is 10.0.